The number of aryl methyl sites for hydroxylation is 1. The Balaban J connectivity index is 0.000000396. The summed E-state index contributed by atoms with van der Waals surface area (Å²) in [6.45, 7) is 9.64. The summed E-state index contributed by atoms with van der Waals surface area (Å²) in [6.07, 6.45) is 5.02. The molecule has 2 atom stereocenters. The monoisotopic (exact) mass is 431 g/mol. The fraction of sp³-hybridized carbons (Fsp3) is 0.650. The summed E-state index contributed by atoms with van der Waals surface area (Å²) in [4.78, 5) is 20.3. The van der Waals surface area contributed by atoms with E-state index >= 15 is 0 Å². The Morgan fingerprint density at radius 3 is 2.70 bits per heavy atom. The second-order valence-corrected chi connectivity index (χ2v) is 7.30. The standard InChI is InChI=1S/C18H27N3O2.C2HF3O2/c1-3-9-22-13-16-6-5-7-18(16)14-21(8-10-23-18)17-19-11-15(4-2)12-20-17;3-2(4,5)1(6)7/h3,11-12,16H,1,4-10,13-14H2,2H3;(H,6,7)/t16-,18-;/m1./s1. The normalized spacial score (nSPS) is 23.7. The lowest BCUT2D eigenvalue weighted by atomic mass is 9.89. The number of morpholine rings is 1. The number of hydrogen-bond donors (Lipinski definition) is 1. The lowest BCUT2D eigenvalue weighted by Gasteiger charge is -2.44. The molecule has 7 nitrogen and oxygen atoms in total. The first-order valence-corrected chi connectivity index (χ1v) is 9.90. The SMILES string of the molecule is C=CCOC[C@H]1CCC[C@@]12CN(c1ncc(CC)cn1)CCO2.O=C(O)C(F)(F)F. The smallest absolute Gasteiger partial charge is 0.475 e. The van der Waals surface area contributed by atoms with E-state index in [1.54, 1.807) is 6.08 Å². The fourth-order valence-corrected chi connectivity index (χ4v) is 3.71. The number of anilines is 1. The van der Waals surface area contributed by atoms with Crippen molar-refractivity contribution in [1.29, 1.82) is 0 Å². The van der Waals surface area contributed by atoms with Crippen LogP contribution >= 0.6 is 0 Å². The number of alkyl halides is 3. The zero-order valence-corrected chi connectivity index (χ0v) is 17.0. The first-order valence-electron chi connectivity index (χ1n) is 9.90. The Kier molecular flexibility index (Phi) is 8.60. The second kappa shape index (κ2) is 10.7. The number of aromatic nitrogens is 2. The van der Waals surface area contributed by atoms with Crippen LogP contribution in [0.15, 0.2) is 25.0 Å². The van der Waals surface area contributed by atoms with Crippen molar-refractivity contribution in [1.82, 2.24) is 9.97 Å². The van der Waals surface area contributed by atoms with Gasteiger partial charge in [-0.3, -0.25) is 0 Å². The molecule has 0 radical (unpaired) electrons. The van der Waals surface area contributed by atoms with E-state index in [4.69, 9.17) is 19.4 Å². The number of halogens is 3. The molecule has 1 aromatic rings. The number of nitrogens with zero attached hydrogens (tertiary/aromatic N) is 3. The van der Waals surface area contributed by atoms with Crippen molar-refractivity contribution >= 4 is 11.9 Å². The average Bonchev–Trinajstić information content (AvgIpc) is 3.09. The maximum absolute atomic E-state index is 10.6. The lowest BCUT2D eigenvalue weighted by molar-refractivity contribution is -0.192. The van der Waals surface area contributed by atoms with Gasteiger partial charge in [0.05, 0.1) is 32.0 Å². The third-order valence-electron chi connectivity index (χ3n) is 5.29. The van der Waals surface area contributed by atoms with E-state index in [9.17, 15) is 13.2 Å². The first-order chi connectivity index (χ1) is 14.2. The molecule has 3 rings (SSSR count). The maximum Gasteiger partial charge on any atom is 0.490 e. The minimum atomic E-state index is -5.08. The molecule has 30 heavy (non-hydrogen) atoms. The second-order valence-electron chi connectivity index (χ2n) is 7.30. The Morgan fingerprint density at radius 2 is 2.13 bits per heavy atom. The molecule has 1 N–H and O–H groups in total. The van der Waals surface area contributed by atoms with Crippen LogP contribution in [0.2, 0.25) is 0 Å². The number of carboxylic acids is 1. The van der Waals surface area contributed by atoms with Crippen LogP contribution in [0.4, 0.5) is 19.1 Å². The van der Waals surface area contributed by atoms with E-state index < -0.39 is 12.1 Å². The molecule has 1 aliphatic heterocycles. The summed E-state index contributed by atoms with van der Waals surface area (Å²) in [5.41, 5.74) is 1.07. The van der Waals surface area contributed by atoms with Crippen LogP contribution in [0, 0.1) is 5.92 Å². The summed E-state index contributed by atoms with van der Waals surface area (Å²) in [6, 6.07) is 0. The average molecular weight is 431 g/mol. The highest BCUT2D eigenvalue weighted by molar-refractivity contribution is 5.73. The van der Waals surface area contributed by atoms with E-state index in [0.717, 1.165) is 45.1 Å². The van der Waals surface area contributed by atoms with Gasteiger partial charge in [0.15, 0.2) is 0 Å². The number of ether oxygens (including phenoxy) is 2. The molecule has 2 fully saturated rings. The van der Waals surface area contributed by atoms with Gasteiger partial charge in [-0.25, -0.2) is 14.8 Å². The number of carbonyl (C=O) groups is 1. The molecule has 1 saturated carbocycles. The van der Waals surface area contributed by atoms with Gasteiger partial charge in [0.2, 0.25) is 5.95 Å². The van der Waals surface area contributed by atoms with Crippen LogP contribution < -0.4 is 4.90 Å². The number of aliphatic carboxylic acids is 1. The lowest BCUT2D eigenvalue weighted by Crippen LogP contribution is -2.55. The molecule has 1 aliphatic carbocycles. The minimum absolute atomic E-state index is 0.105. The van der Waals surface area contributed by atoms with E-state index in [2.05, 4.69) is 28.4 Å². The van der Waals surface area contributed by atoms with Crippen LogP contribution in [0.5, 0.6) is 0 Å². The highest BCUT2D eigenvalue weighted by atomic mass is 19.4. The Hall–Kier alpha value is -2.20. The van der Waals surface area contributed by atoms with E-state index in [1.807, 2.05) is 12.4 Å². The van der Waals surface area contributed by atoms with Crippen LogP contribution in [-0.4, -0.2) is 65.7 Å². The van der Waals surface area contributed by atoms with Gasteiger partial charge in [0, 0.05) is 24.9 Å². The van der Waals surface area contributed by atoms with E-state index in [-0.39, 0.29) is 5.60 Å². The third-order valence-corrected chi connectivity index (χ3v) is 5.29. The Morgan fingerprint density at radius 1 is 1.47 bits per heavy atom. The van der Waals surface area contributed by atoms with Gasteiger partial charge in [0.25, 0.3) is 0 Å². The number of rotatable bonds is 6. The summed E-state index contributed by atoms with van der Waals surface area (Å²) >= 11 is 0. The summed E-state index contributed by atoms with van der Waals surface area (Å²) < 4.78 is 43.7. The molecule has 1 aromatic heterocycles. The molecule has 1 spiro atoms. The molecule has 0 aromatic carbocycles. The van der Waals surface area contributed by atoms with Crippen molar-refractivity contribution in [2.45, 2.75) is 44.4 Å². The van der Waals surface area contributed by atoms with Crippen LogP contribution in [0.25, 0.3) is 0 Å². The zero-order valence-electron chi connectivity index (χ0n) is 17.0. The van der Waals surface area contributed by atoms with Crippen LogP contribution in [0.3, 0.4) is 0 Å². The summed E-state index contributed by atoms with van der Waals surface area (Å²) in [7, 11) is 0. The van der Waals surface area contributed by atoms with Crippen molar-refractivity contribution in [3.8, 4) is 0 Å². The van der Waals surface area contributed by atoms with Crippen molar-refractivity contribution in [2.75, 3.05) is 37.8 Å². The molecule has 0 bridgehead atoms. The number of carboxylic acid groups (broad SMARTS) is 1. The van der Waals surface area contributed by atoms with Gasteiger partial charge < -0.3 is 19.5 Å². The van der Waals surface area contributed by atoms with E-state index in [0.29, 0.717) is 12.5 Å². The first kappa shape index (κ1) is 24.1. The van der Waals surface area contributed by atoms with Crippen LogP contribution in [-0.2, 0) is 20.7 Å². The predicted molar refractivity (Wildman–Crippen MR) is 104 cm³/mol. The zero-order chi connectivity index (χ0) is 22.2. The van der Waals surface area contributed by atoms with Crippen molar-refractivity contribution in [3.63, 3.8) is 0 Å². The molecule has 2 aliphatic rings. The van der Waals surface area contributed by atoms with Gasteiger partial charge in [-0.05, 0) is 24.8 Å². The fourth-order valence-electron chi connectivity index (χ4n) is 3.71. The molecule has 10 heteroatoms. The highest BCUT2D eigenvalue weighted by Crippen LogP contribution is 2.41. The van der Waals surface area contributed by atoms with Gasteiger partial charge >= 0.3 is 12.1 Å². The van der Waals surface area contributed by atoms with Gasteiger partial charge in [-0.15, -0.1) is 6.58 Å². The van der Waals surface area contributed by atoms with Gasteiger partial charge in [-0.2, -0.15) is 13.2 Å². The molecule has 0 unspecified atom stereocenters. The Bertz CT molecular complexity index is 700. The molecule has 0 amide bonds. The highest BCUT2D eigenvalue weighted by Gasteiger charge is 2.47. The Labute approximate surface area is 173 Å². The quantitative estimate of drug-likeness (QED) is 0.547. The summed E-state index contributed by atoms with van der Waals surface area (Å²) in [5, 5.41) is 7.12. The molecular weight excluding hydrogens is 403 g/mol. The summed E-state index contributed by atoms with van der Waals surface area (Å²) in [5.74, 6) is -1.49. The molecule has 1 saturated heterocycles. The van der Waals surface area contributed by atoms with Gasteiger partial charge in [0.1, 0.15) is 0 Å². The van der Waals surface area contributed by atoms with Gasteiger partial charge in [-0.1, -0.05) is 19.4 Å². The molecular formula is C20H28F3N3O4. The number of hydrogen-bond acceptors (Lipinski definition) is 6. The largest absolute Gasteiger partial charge is 0.490 e. The molecule has 2 heterocycles. The topological polar surface area (TPSA) is 84.8 Å². The van der Waals surface area contributed by atoms with Crippen molar-refractivity contribution in [2.24, 2.45) is 5.92 Å². The van der Waals surface area contributed by atoms with Crippen molar-refractivity contribution in [3.05, 3.63) is 30.6 Å². The predicted octanol–water partition coefficient (Wildman–Crippen LogP) is 3.25. The van der Waals surface area contributed by atoms with Crippen molar-refractivity contribution < 1.29 is 32.5 Å². The van der Waals surface area contributed by atoms with Crippen LogP contribution in [0.1, 0.15) is 31.7 Å². The third kappa shape index (κ3) is 6.40. The maximum atomic E-state index is 10.6. The minimum Gasteiger partial charge on any atom is -0.475 e. The molecule has 168 valence electrons. The van der Waals surface area contributed by atoms with E-state index in [1.165, 1.54) is 18.4 Å².